The van der Waals surface area contributed by atoms with Crippen LogP contribution in [-0.4, -0.2) is 23.8 Å². The Bertz CT molecular complexity index is 429. The van der Waals surface area contributed by atoms with Gasteiger partial charge in [-0.3, -0.25) is 0 Å². The molecule has 0 spiro atoms. The van der Waals surface area contributed by atoms with Gasteiger partial charge in [0.25, 0.3) is 0 Å². The topological polar surface area (TPSA) is 61.4 Å². The lowest BCUT2D eigenvalue weighted by Crippen LogP contribution is -2.40. The van der Waals surface area contributed by atoms with Crippen molar-refractivity contribution in [3.8, 4) is 0 Å². The minimum absolute atomic E-state index is 0.0310. The number of carbonyl (C=O) groups excluding carboxylic acids is 1. The summed E-state index contributed by atoms with van der Waals surface area (Å²) in [5.41, 5.74) is 0.0563. The normalized spacial score (nSPS) is 13.8. The van der Waals surface area contributed by atoms with E-state index in [1.165, 1.54) is 12.1 Å². The molecule has 0 aliphatic carbocycles. The molecule has 2 unspecified atom stereocenters. The molecular weight excluding hydrogens is 259 g/mol. The van der Waals surface area contributed by atoms with Gasteiger partial charge in [-0.1, -0.05) is 18.5 Å². The Morgan fingerprint density at radius 1 is 1.50 bits per heavy atom. The first-order valence-corrected chi connectivity index (χ1v) is 5.95. The summed E-state index contributed by atoms with van der Waals surface area (Å²) in [6.07, 6.45) is 0. The predicted octanol–water partition coefficient (Wildman–Crippen LogP) is 2.62. The van der Waals surface area contributed by atoms with Crippen molar-refractivity contribution in [2.24, 2.45) is 5.92 Å². The van der Waals surface area contributed by atoms with E-state index in [-0.39, 0.29) is 29.3 Å². The maximum Gasteiger partial charge on any atom is 0.319 e. The summed E-state index contributed by atoms with van der Waals surface area (Å²) in [5, 5.41) is 14.2. The summed E-state index contributed by atoms with van der Waals surface area (Å²) in [7, 11) is 0. The van der Waals surface area contributed by atoms with Gasteiger partial charge < -0.3 is 15.7 Å². The van der Waals surface area contributed by atoms with Gasteiger partial charge in [0.1, 0.15) is 5.82 Å². The number of urea groups is 1. The van der Waals surface area contributed by atoms with Crippen molar-refractivity contribution in [2.45, 2.75) is 19.9 Å². The lowest BCUT2D eigenvalue weighted by Gasteiger charge is -2.19. The van der Waals surface area contributed by atoms with Crippen molar-refractivity contribution >= 4 is 23.3 Å². The molecular formula is C12H16ClFN2O2. The number of halogens is 2. The molecule has 1 aromatic carbocycles. The standard InChI is InChI=1S/C12H16ClFN2O2/c1-7(6-17)8(2)15-12(18)16-11-4-3-9(13)5-10(11)14/h3-5,7-8,17H,6H2,1-2H3,(H2,15,16,18). The quantitative estimate of drug-likeness (QED) is 0.790. The van der Waals surface area contributed by atoms with E-state index in [1.54, 1.807) is 13.8 Å². The number of anilines is 1. The number of nitrogens with one attached hydrogen (secondary N) is 2. The first kappa shape index (κ1) is 14.7. The summed E-state index contributed by atoms with van der Waals surface area (Å²) in [6.45, 7) is 3.53. The van der Waals surface area contributed by atoms with Crippen molar-refractivity contribution in [1.29, 1.82) is 0 Å². The van der Waals surface area contributed by atoms with E-state index in [1.807, 2.05) is 0 Å². The van der Waals surface area contributed by atoms with E-state index in [0.29, 0.717) is 0 Å². The van der Waals surface area contributed by atoms with Gasteiger partial charge in [0.2, 0.25) is 0 Å². The molecule has 100 valence electrons. The molecule has 0 aliphatic heterocycles. The fraction of sp³-hybridized carbons (Fsp3) is 0.417. The average Bonchev–Trinajstić information content (AvgIpc) is 2.31. The second-order valence-electron chi connectivity index (χ2n) is 4.17. The molecule has 2 amide bonds. The van der Waals surface area contributed by atoms with Gasteiger partial charge in [-0.25, -0.2) is 9.18 Å². The van der Waals surface area contributed by atoms with Crippen LogP contribution < -0.4 is 10.6 Å². The molecule has 0 aliphatic rings. The van der Waals surface area contributed by atoms with Crippen LogP contribution in [0.5, 0.6) is 0 Å². The molecule has 3 N–H and O–H groups in total. The summed E-state index contributed by atoms with van der Waals surface area (Å²) >= 11 is 5.60. The summed E-state index contributed by atoms with van der Waals surface area (Å²) < 4.78 is 13.4. The number of amides is 2. The number of hydrogen-bond acceptors (Lipinski definition) is 2. The molecule has 18 heavy (non-hydrogen) atoms. The van der Waals surface area contributed by atoms with Crippen molar-refractivity contribution in [1.82, 2.24) is 5.32 Å². The van der Waals surface area contributed by atoms with E-state index in [2.05, 4.69) is 10.6 Å². The van der Waals surface area contributed by atoms with E-state index in [0.717, 1.165) is 6.07 Å². The molecule has 0 heterocycles. The Balaban J connectivity index is 2.59. The Morgan fingerprint density at radius 3 is 2.72 bits per heavy atom. The number of aliphatic hydroxyl groups is 1. The predicted molar refractivity (Wildman–Crippen MR) is 69.3 cm³/mol. The first-order chi connectivity index (χ1) is 8.43. The zero-order valence-corrected chi connectivity index (χ0v) is 11.0. The van der Waals surface area contributed by atoms with Crippen LogP contribution in [0.25, 0.3) is 0 Å². The van der Waals surface area contributed by atoms with Crippen molar-refractivity contribution in [3.63, 3.8) is 0 Å². The number of benzene rings is 1. The molecule has 0 radical (unpaired) electrons. The van der Waals surface area contributed by atoms with Crippen LogP contribution in [0, 0.1) is 11.7 Å². The Labute approximate surface area is 110 Å². The van der Waals surface area contributed by atoms with E-state index >= 15 is 0 Å². The van der Waals surface area contributed by atoms with E-state index in [9.17, 15) is 9.18 Å². The van der Waals surface area contributed by atoms with Crippen molar-refractivity contribution in [3.05, 3.63) is 29.0 Å². The summed E-state index contributed by atoms with van der Waals surface area (Å²) in [4.78, 5) is 11.6. The van der Waals surface area contributed by atoms with Crippen LogP contribution >= 0.6 is 11.6 Å². The molecule has 0 saturated carbocycles. The van der Waals surface area contributed by atoms with Crippen LogP contribution in [0.3, 0.4) is 0 Å². The van der Waals surface area contributed by atoms with E-state index < -0.39 is 11.8 Å². The second-order valence-corrected chi connectivity index (χ2v) is 4.61. The molecule has 0 bridgehead atoms. The largest absolute Gasteiger partial charge is 0.396 e. The molecule has 0 fully saturated rings. The second kappa shape index (κ2) is 6.56. The van der Waals surface area contributed by atoms with Gasteiger partial charge in [-0.2, -0.15) is 0 Å². The highest BCUT2D eigenvalue weighted by atomic mass is 35.5. The zero-order valence-electron chi connectivity index (χ0n) is 10.2. The average molecular weight is 275 g/mol. The first-order valence-electron chi connectivity index (χ1n) is 5.57. The summed E-state index contributed by atoms with van der Waals surface area (Å²) in [5.74, 6) is -0.675. The number of carbonyl (C=O) groups is 1. The molecule has 1 rings (SSSR count). The smallest absolute Gasteiger partial charge is 0.319 e. The Kier molecular flexibility index (Phi) is 5.37. The molecule has 0 aromatic heterocycles. The molecule has 4 nitrogen and oxygen atoms in total. The third kappa shape index (κ3) is 4.16. The van der Waals surface area contributed by atoms with Gasteiger partial charge in [-0.05, 0) is 31.0 Å². The van der Waals surface area contributed by atoms with Crippen LogP contribution in [-0.2, 0) is 0 Å². The molecule has 6 heteroatoms. The number of rotatable bonds is 4. The highest BCUT2D eigenvalue weighted by Gasteiger charge is 2.14. The molecule has 2 atom stereocenters. The highest BCUT2D eigenvalue weighted by molar-refractivity contribution is 6.30. The van der Waals surface area contributed by atoms with Gasteiger partial charge >= 0.3 is 6.03 Å². The monoisotopic (exact) mass is 274 g/mol. The van der Waals surface area contributed by atoms with Gasteiger partial charge in [0.15, 0.2) is 0 Å². The van der Waals surface area contributed by atoms with E-state index in [4.69, 9.17) is 16.7 Å². The third-order valence-corrected chi connectivity index (χ3v) is 2.91. The lowest BCUT2D eigenvalue weighted by molar-refractivity contribution is 0.204. The Morgan fingerprint density at radius 2 is 2.17 bits per heavy atom. The van der Waals surface area contributed by atoms with Crippen LogP contribution in [0.4, 0.5) is 14.9 Å². The van der Waals surface area contributed by atoms with Gasteiger partial charge in [-0.15, -0.1) is 0 Å². The molecule has 0 saturated heterocycles. The van der Waals surface area contributed by atoms with Gasteiger partial charge in [0.05, 0.1) is 5.69 Å². The van der Waals surface area contributed by atoms with Crippen molar-refractivity contribution < 1.29 is 14.3 Å². The maximum atomic E-state index is 13.4. The summed E-state index contributed by atoms with van der Waals surface area (Å²) in [6, 6.07) is 3.25. The fourth-order valence-corrected chi connectivity index (χ4v) is 1.42. The minimum Gasteiger partial charge on any atom is -0.396 e. The maximum absolute atomic E-state index is 13.4. The number of hydrogen-bond donors (Lipinski definition) is 3. The minimum atomic E-state index is -0.597. The highest BCUT2D eigenvalue weighted by Crippen LogP contribution is 2.18. The van der Waals surface area contributed by atoms with Crippen LogP contribution in [0.2, 0.25) is 5.02 Å². The number of aliphatic hydroxyl groups excluding tert-OH is 1. The van der Waals surface area contributed by atoms with Crippen LogP contribution in [0.1, 0.15) is 13.8 Å². The SMILES string of the molecule is CC(CO)C(C)NC(=O)Nc1ccc(Cl)cc1F. The fourth-order valence-electron chi connectivity index (χ4n) is 1.26. The van der Waals surface area contributed by atoms with Crippen molar-refractivity contribution in [2.75, 3.05) is 11.9 Å². The zero-order chi connectivity index (χ0) is 13.7. The molecule has 1 aromatic rings. The lowest BCUT2D eigenvalue weighted by atomic mass is 10.1. The third-order valence-electron chi connectivity index (χ3n) is 2.68. The Hall–Kier alpha value is -1.33. The van der Waals surface area contributed by atoms with Crippen LogP contribution in [0.15, 0.2) is 18.2 Å². The van der Waals surface area contributed by atoms with Gasteiger partial charge in [0, 0.05) is 17.7 Å².